The van der Waals surface area contributed by atoms with Gasteiger partial charge in [0, 0.05) is 19.0 Å². The first kappa shape index (κ1) is 10.4. The molecule has 0 saturated heterocycles. The molecule has 2 heterocycles. The fraction of sp³-hybridized carbons (Fsp3) is 0.333. The first-order chi connectivity index (χ1) is 7.24. The van der Waals surface area contributed by atoms with Crippen LogP contribution < -0.4 is 5.73 Å². The summed E-state index contributed by atoms with van der Waals surface area (Å²) < 4.78 is 1.71. The van der Waals surface area contributed by atoms with Crippen molar-refractivity contribution in [1.82, 2.24) is 14.4 Å². The molecule has 2 aromatic heterocycles. The summed E-state index contributed by atoms with van der Waals surface area (Å²) in [5.74, 6) is 0. The smallest absolute Gasteiger partial charge is 0.207 e. The molecule has 3 N–H and O–H groups in total. The summed E-state index contributed by atoms with van der Waals surface area (Å²) in [4.78, 5) is 8.15. The van der Waals surface area contributed by atoms with Crippen molar-refractivity contribution in [1.29, 1.82) is 0 Å². The van der Waals surface area contributed by atoms with Crippen LogP contribution >= 0.6 is 11.6 Å². The highest BCUT2D eigenvalue weighted by Gasteiger charge is 2.15. The molecule has 1 atom stereocenters. The Kier molecular flexibility index (Phi) is 2.86. The van der Waals surface area contributed by atoms with E-state index in [1.165, 1.54) is 0 Å². The molecule has 80 valence electrons. The van der Waals surface area contributed by atoms with Crippen LogP contribution in [0.15, 0.2) is 18.6 Å². The minimum absolute atomic E-state index is 0.0259. The number of aliphatic hydroxyl groups excluding tert-OH is 1. The van der Waals surface area contributed by atoms with Crippen LogP contribution in [0.2, 0.25) is 5.28 Å². The zero-order valence-corrected chi connectivity index (χ0v) is 8.72. The first-order valence-electron chi connectivity index (χ1n) is 4.58. The number of hydrogen-bond donors (Lipinski definition) is 2. The van der Waals surface area contributed by atoms with Gasteiger partial charge < -0.3 is 10.8 Å². The Morgan fingerprint density at radius 1 is 1.60 bits per heavy atom. The number of aromatic nitrogens is 3. The van der Waals surface area contributed by atoms with E-state index in [0.29, 0.717) is 17.4 Å². The third kappa shape index (κ3) is 1.81. The molecular formula is C9H11ClN4O. The average Bonchev–Trinajstić information content (AvgIpc) is 2.58. The number of nitrogens with two attached hydrogens (primary N) is 1. The largest absolute Gasteiger partial charge is 0.396 e. The van der Waals surface area contributed by atoms with E-state index >= 15 is 0 Å². The van der Waals surface area contributed by atoms with Crippen molar-refractivity contribution in [2.75, 3.05) is 6.61 Å². The zero-order chi connectivity index (χ0) is 10.8. The van der Waals surface area contributed by atoms with E-state index in [4.69, 9.17) is 22.4 Å². The van der Waals surface area contributed by atoms with Gasteiger partial charge in [0.1, 0.15) is 0 Å². The molecule has 1 unspecified atom stereocenters. The Labute approximate surface area is 91.5 Å². The number of fused-ring (bicyclic) bond motifs is 1. The molecule has 2 rings (SSSR count). The summed E-state index contributed by atoms with van der Waals surface area (Å²) in [6, 6.07) is -0.318. The van der Waals surface area contributed by atoms with Gasteiger partial charge in [0.05, 0.1) is 23.4 Å². The van der Waals surface area contributed by atoms with E-state index < -0.39 is 0 Å². The number of imidazole rings is 1. The van der Waals surface area contributed by atoms with Crippen LogP contribution in [0.1, 0.15) is 18.2 Å². The molecule has 5 nitrogen and oxygen atoms in total. The molecule has 0 saturated carbocycles. The maximum absolute atomic E-state index is 8.81. The van der Waals surface area contributed by atoms with Gasteiger partial charge in [-0.15, -0.1) is 0 Å². The van der Waals surface area contributed by atoms with Crippen LogP contribution in [0.5, 0.6) is 0 Å². The van der Waals surface area contributed by atoms with Crippen molar-refractivity contribution in [2.45, 2.75) is 12.5 Å². The normalized spacial score (nSPS) is 13.3. The summed E-state index contributed by atoms with van der Waals surface area (Å²) >= 11 is 5.93. The Morgan fingerprint density at radius 2 is 2.40 bits per heavy atom. The van der Waals surface area contributed by atoms with Crippen LogP contribution in [0.3, 0.4) is 0 Å². The molecule has 0 spiro atoms. The number of halogens is 1. The zero-order valence-electron chi connectivity index (χ0n) is 7.97. The number of nitrogens with zero attached hydrogens (tertiary/aromatic N) is 3. The maximum atomic E-state index is 8.81. The lowest BCUT2D eigenvalue weighted by Crippen LogP contribution is -2.12. The van der Waals surface area contributed by atoms with Crippen molar-refractivity contribution in [3.8, 4) is 0 Å². The summed E-state index contributed by atoms with van der Waals surface area (Å²) in [6.07, 6.45) is 5.46. The molecule has 0 aliphatic heterocycles. The molecule has 15 heavy (non-hydrogen) atoms. The highest BCUT2D eigenvalue weighted by atomic mass is 35.5. The van der Waals surface area contributed by atoms with Gasteiger partial charge in [0.2, 0.25) is 5.28 Å². The monoisotopic (exact) mass is 226 g/mol. The lowest BCUT2D eigenvalue weighted by atomic mass is 10.1. The van der Waals surface area contributed by atoms with E-state index in [1.807, 2.05) is 0 Å². The summed E-state index contributed by atoms with van der Waals surface area (Å²) in [5.41, 5.74) is 7.31. The highest BCUT2D eigenvalue weighted by molar-refractivity contribution is 6.28. The predicted octanol–water partition coefficient (Wildman–Crippen LogP) is 0.765. The molecular weight excluding hydrogens is 216 g/mol. The second kappa shape index (κ2) is 4.14. The minimum atomic E-state index is -0.318. The fourth-order valence-corrected chi connectivity index (χ4v) is 1.71. The predicted molar refractivity (Wildman–Crippen MR) is 56.6 cm³/mol. The summed E-state index contributed by atoms with van der Waals surface area (Å²) in [7, 11) is 0. The van der Waals surface area contributed by atoms with Gasteiger partial charge in [-0.1, -0.05) is 0 Å². The fourth-order valence-electron chi connectivity index (χ4n) is 1.47. The average molecular weight is 227 g/mol. The van der Waals surface area contributed by atoms with Crippen LogP contribution in [-0.2, 0) is 0 Å². The van der Waals surface area contributed by atoms with Gasteiger partial charge >= 0.3 is 0 Å². The van der Waals surface area contributed by atoms with Crippen molar-refractivity contribution < 1.29 is 5.11 Å². The van der Waals surface area contributed by atoms with Crippen LogP contribution in [-0.4, -0.2) is 26.1 Å². The van der Waals surface area contributed by atoms with Gasteiger partial charge in [-0.2, -0.15) is 0 Å². The molecule has 0 radical (unpaired) electrons. The molecule has 0 aliphatic carbocycles. The molecule has 2 aromatic rings. The number of rotatable bonds is 3. The van der Waals surface area contributed by atoms with Gasteiger partial charge in [0.15, 0.2) is 0 Å². The minimum Gasteiger partial charge on any atom is -0.396 e. The number of aliphatic hydroxyl groups is 1. The topological polar surface area (TPSA) is 76.4 Å². The second-order valence-corrected chi connectivity index (χ2v) is 3.55. The standard InChI is InChI=1S/C9H11ClN4O/c10-9-13-8(6(11)1-4-15)7-5-12-2-3-14(7)9/h2-3,5-6,15H,1,4,11H2. The summed E-state index contributed by atoms with van der Waals surface area (Å²) in [5, 5.41) is 9.17. The molecule has 0 fully saturated rings. The SMILES string of the molecule is NC(CCO)c1nc(Cl)n2ccncc12. The molecule has 0 amide bonds. The van der Waals surface area contributed by atoms with Gasteiger partial charge in [0.25, 0.3) is 0 Å². The van der Waals surface area contributed by atoms with Gasteiger partial charge in [-0.25, -0.2) is 4.98 Å². The van der Waals surface area contributed by atoms with Crippen LogP contribution in [0, 0.1) is 0 Å². The molecule has 0 aliphatic rings. The Morgan fingerprint density at radius 3 is 3.13 bits per heavy atom. The Bertz CT molecular complexity index is 470. The maximum Gasteiger partial charge on any atom is 0.207 e. The quantitative estimate of drug-likeness (QED) is 0.811. The first-order valence-corrected chi connectivity index (χ1v) is 4.95. The third-order valence-electron chi connectivity index (χ3n) is 2.22. The highest BCUT2D eigenvalue weighted by Crippen LogP contribution is 2.21. The van der Waals surface area contributed by atoms with E-state index in [1.54, 1.807) is 23.0 Å². The molecule has 0 aromatic carbocycles. The Hall–Kier alpha value is -1.17. The third-order valence-corrected chi connectivity index (χ3v) is 2.49. The molecule has 6 heteroatoms. The van der Waals surface area contributed by atoms with Crippen molar-refractivity contribution in [3.63, 3.8) is 0 Å². The second-order valence-electron chi connectivity index (χ2n) is 3.22. The van der Waals surface area contributed by atoms with E-state index in [-0.39, 0.29) is 12.6 Å². The number of hydrogen-bond acceptors (Lipinski definition) is 4. The van der Waals surface area contributed by atoms with Gasteiger partial charge in [-0.05, 0) is 18.0 Å². The van der Waals surface area contributed by atoms with Crippen molar-refractivity contribution in [3.05, 3.63) is 29.6 Å². The molecule has 0 bridgehead atoms. The Balaban J connectivity index is 2.52. The van der Waals surface area contributed by atoms with Crippen LogP contribution in [0.4, 0.5) is 0 Å². The van der Waals surface area contributed by atoms with E-state index in [9.17, 15) is 0 Å². The lowest BCUT2D eigenvalue weighted by Gasteiger charge is -2.06. The lowest BCUT2D eigenvalue weighted by molar-refractivity contribution is 0.276. The summed E-state index contributed by atoms with van der Waals surface area (Å²) in [6.45, 7) is 0.0259. The van der Waals surface area contributed by atoms with Crippen molar-refractivity contribution >= 4 is 17.1 Å². The van der Waals surface area contributed by atoms with E-state index in [0.717, 1.165) is 5.52 Å². The van der Waals surface area contributed by atoms with Gasteiger partial charge in [-0.3, -0.25) is 9.38 Å². The van der Waals surface area contributed by atoms with E-state index in [2.05, 4.69) is 9.97 Å². The van der Waals surface area contributed by atoms with Crippen molar-refractivity contribution in [2.24, 2.45) is 5.73 Å². The van der Waals surface area contributed by atoms with Crippen LogP contribution in [0.25, 0.3) is 5.52 Å².